The lowest BCUT2D eigenvalue weighted by molar-refractivity contribution is 0.364. The lowest BCUT2D eigenvalue weighted by Gasteiger charge is -2.29. The minimum absolute atomic E-state index is 0.361. The van der Waals surface area contributed by atoms with Crippen molar-refractivity contribution in [1.82, 2.24) is 15.0 Å². The monoisotopic (exact) mass is 349 g/mol. The highest BCUT2D eigenvalue weighted by Gasteiger charge is 2.34. The Bertz CT molecular complexity index is 633. The van der Waals surface area contributed by atoms with Crippen LogP contribution in [0.15, 0.2) is 48.3 Å². The van der Waals surface area contributed by atoms with E-state index in [-0.39, 0.29) is 4.08 Å². The molecule has 5 nitrogen and oxygen atoms in total. The molecule has 7 heteroatoms. The van der Waals surface area contributed by atoms with E-state index in [4.69, 9.17) is 9.47 Å². The van der Waals surface area contributed by atoms with Crippen molar-refractivity contribution in [1.29, 1.82) is 0 Å². The predicted molar refractivity (Wildman–Crippen MR) is 95.2 cm³/mol. The van der Waals surface area contributed by atoms with Crippen LogP contribution in [0.3, 0.4) is 0 Å². The first-order valence-electron chi connectivity index (χ1n) is 6.91. The Balaban J connectivity index is 2.44. The van der Waals surface area contributed by atoms with E-state index < -0.39 is 0 Å². The van der Waals surface area contributed by atoms with Crippen molar-refractivity contribution in [3.63, 3.8) is 0 Å². The molecule has 2 aromatic rings. The van der Waals surface area contributed by atoms with Crippen molar-refractivity contribution in [3.05, 3.63) is 48.8 Å². The number of methoxy groups -OCH3 is 2. The summed E-state index contributed by atoms with van der Waals surface area (Å²) >= 11 is 3.20. The number of allylic oxidation sites excluding steroid dienone is 1. The van der Waals surface area contributed by atoms with Crippen molar-refractivity contribution in [3.8, 4) is 11.8 Å². The maximum Gasteiger partial charge on any atom is 0.220 e. The summed E-state index contributed by atoms with van der Waals surface area (Å²) in [4.78, 5) is 13.3. The van der Waals surface area contributed by atoms with Crippen LogP contribution < -0.4 is 9.47 Å². The Morgan fingerprint density at radius 1 is 1.22 bits per heavy atom. The maximum atomic E-state index is 5.22. The normalized spacial score (nSPS) is 13.2. The number of hydrogen-bond acceptors (Lipinski definition) is 7. The Labute approximate surface area is 144 Å². The number of aromatic nitrogens is 3. The molecule has 2 heterocycles. The molecule has 0 saturated heterocycles. The molecule has 0 bridgehead atoms. The van der Waals surface area contributed by atoms with Crippen LogP contribution in [-0.2, 0) is 4.08 Å². The Kier molecular flexibility index (Phi) is 6.29. The van der Waals surface area contributed by atoms with Gasteiger partial charge in [0, 0.05) is 6.20 Å². The number of pyridine rings is 1. The number of hydrogen-bond donors (Lipinski definition) is 0. The maximum absolute atomic E-state index is 5.22. The summed E-state index contributed by atoms with van der Waals surface area (Å²) < 4.78 is 10.1. The van der Waals surface area contributed by atoms with Crippen LogP contribution >= 0.6 is 23.5 Å². The van der Waals surface area contributed by atoms with Gasteiger partial charge in [-0.15, -0.1) is 18.3 Å². The summed E-state index contributed by atoms with van der Waals surface area (Å²) in [5.41, 5.74) is 0.947. The zero-order chi connectivity index (χ0) is 16.7. The molecule has 0 N–H and O–H groups in total. The molecular formula is C16H19N3O2S2. The largest absolute Gasteiger partial charge is 0.481 e. The number of rotatable bonds is 8. The average molecular weight is 349 g/mol. The van der Waals surface area contributed by atoms with Gasteiger partial charge in [0.2, 0.25) is 11.8 Å². The molecule has 2 rings (SSSR count). The highest BCUT2D eigenvalue weighted by Crippen LogP contribution is 2.50. The molecule has 0 spiro atoms. The lowest BCUT2D eigenvalue weighted by atomic mass is 10.2. The van der Waals surface area contributed by atoms with E-state index in [9.17, 15) is 0 Å². The van der Waals surface area contributed by atoms with Crippen LogP contribution in [0, 0.1) is 0 Å². The van der Waals surface area contributed by atoms with Crippen molar-refractivity contribution >= 4 is 23.5 Å². The van der Waals surface area contributed by atoms with E-state index in [1.165, 1.54) is 11.8 Å². The summed E-state index contributed by atoms with van der Waals surface area (Å²) in [6.45, 7) is 3.88. The number of nitrogens with zero attached hydrogens (tertiary/aromatic N) is 3. The first kappa shape index (κ1) is 17.6. The van der Waals surface area contributed by atoms with Gasteiger partial charge in [0.1, 0.15) is 4.08 Å². The summed E-state index contributed by atoms with van der Waals surface area (Å²) in [5, 5.41) is 0.572. The molecule has 0 saturated carbocycles. The molecule has 23 heavy (non-hydrogen) atoms. The van der Waals surface area contributed by atoms with Gasteiger partial charge in [0.15, 0.2) is 5.16 Å². The fourth-order valence-electron chi connectivity index (χ4n) is 1.99. The van der Waals surface area contributed by atoms with Gasteiger partial charge < -0.3 is 9.47 Å². The van der Waals surface area contributed by atoms with E-state index >= 15 is 0 Å². The van der Waals surface area contributed by atoms with Gasteiger partial charge in [-0.2, -0.15) is 9.97 Å². The van der Waals surface area contributed by atoms with Gasteiger partial charge in [-0.3, -0.25) is 4.98 Å². The van der Waals surface area contributed by atoms with Crippen molar-refractivity contribution in [2.75, 3.05) is 20.5 Å². The molecule has 0 aliphatic rings. The van der Waals surface area contributed by atoms with Gasteiger partial charge >= 0.3 is 0 Å². The van der Waals surface area contributed by atoms with Gasteiger partial charge in [-0.05, 0) is 24.8 Å². The van der Waals surface area contributed by atoms with Gasteiger partial charge in [0.25, 0.3) is 0 Å². The van der Waals surface area contributed by atoms with Crippen molar-refractivity contribution in [2.24, 2.45) is 0 Å². The third kappa shape index (κ3) is 4.17. The zero-order valence-corrected chi connectivity index (χ0v) is 15.0. The van der Waals surface area contributed by atoms with Gasteiger partial charge in [-0.25, -0.2) is 0 Å². The molecule has 0 aliphatic heterocycles. The lowest BCUT2D eigenvalue weighted by Crippen LogP contribution is -2.18. The smallest absolute Gasteiger partial charge is 0.220 e. The zero-order valence-electron chi connectivity index (χ0n) is 13.4. The topological polar surface area (TPSA) is 57.1 Å². The van der Waals surface area contributed by atoms with Crippen LogP contribution in [0.4, 0.5) is 0 Å². The summed E-state index contributed by atoms with van der Waals surface area (Å²) in [7, 11) is 3.14. The summed E-state index contributed by atoms with van der Waals surface area (Å²) in [5.74, 6) is 0.933. The molecule has 2 aromatic heterocycles. The van der Waals surface area contributed by atoms with E-state index in [1.807, 2.05) is 30.5 Å². The molecule has 0 aromatic carbocycles. The number of ether oxygens (including phenoxy) is 2. The van der Waals surface area contributed by atoms with Crippen LogP contribution in [0.5, 0.6) is 11.8 Å². The average Bonchev–Trinajstić information content (AvgIpc) is 2.61. The molecule has 0 radical (unpaired) electrons. The van der Waals surface area contributed by atoms with Crippen LogP contribution in [0.25, 0.3) is 0 Å². The SMILES string of the molecule is C=CCC(SC)(Sc1nc(OC)cc(OC)n1)c1ccccn1. The molecular weight excluding hydrogens is 330 g/mol. The van der Waals surface area contributed by atoms with Crippen LogP contribution in [0.1, 0.15) is 12.1 Å². The third-order valence-corrected chi connectivity index (χ3v) is 5.99. The van der Waals surface area contributed by atoms with Crippen molar-refractivity contribution in [2.45, 2.75) is 15.7 Å². The Hall–Kier alpha value is -1.73. The predicted octanol–water partition coefficient (Wildman–Crippen LogP) is 3.77. The van der Waals surface area contributed by atoms with Crippen LogP contribution in [-0.4, -0.2) is 35.4 Å². The summed E-state index contributed by atoms with van der Waals surface area (Å²) in [6, 6.07) is 7.53. The Morgan fingerprint density at radius 3 is 2.39 bits per heavy atom. The van der Waals surface area contributed by atoms with Crippen LogP contribution in [0.2, 0.25) is 0 Å². The first-order valence-corrected chi connectivity index (χ1v) is 8.95. The van der Waals surface area contributed by atoms with E-state index in [2.05, 4.69) is 21.5 Å². The highest BCUT2D eigenvalue weighted by atomic mass is 32.2. The highest BCUT2D eigenvalue weighted by molar-refractivity contribution is 8.17. The van der Waals surface area contributed by atoms with Gasteiger partial charge in [-0.1, -0.05) is 23.9 Å². The second-order valence-electron chi connectivity index (χ2n) is 4.50. The standard InChI is InChI=1S/C16H19N3O2S2/c1-5-9-16(22-4,12-8-6-7-10-17-12)23-15-18-13(20-2)11-14(19-15)21-3/h5-8,10-11H,1,9H2,2-4H3. The van der Waals surface area contributed by atoms with E-state index in [0.717, 1.165) is 12.1 Å². The molecule has 122 valence electrons. The number of thioether (sulfide) groups is 2. The Morgan fingerprint density at radius 2 is 1.91 bits per heavy atom. The quantitative estimate of drug-likeness (QED) is 0.311. The molecule has 0 amide bonds. The van der Waals surface area contributed by atoms with Crippen molar-refractivity contribution < 1.29 is 9.47 Å². The minimum atomic E-state index is -0.361. The second-order valence-corrected chi connectivity index (χ2v) is 7.13. The van der Waals surface area contributed by atoms with Gasteiger partial charge in [0.05, 0.1) is 26.0 Å². The van der Waals surface area contributed by atoms with E-state index in [1.54, 1.807) is 38.2 Å². The minimum Gasteiger partial charge on any atom is -0.481 e. The summed E-state index contributed by atoms with van der Waals surface area (Å²) in [6.07, 6.45) is 6.44. The molecule has 1 atom stereocenters. The fraction of sp³-hybridized carbons (Fsp3) is 0.312. The molecule has 1 unspecified atom stereocenters. The first-order chi connectivity index (χ1) is 11.2. The molecule has 0 fully saturated rings. The fourth-order valence-corrected chi connectivity index (χ4v) is 4.16. The molecule has 0 aliphatic carbocycles. The second kappa shape index (κ2) is 8.21. The van der Waals surface area contributed by atoms with E-state index in [0.29, 0.717) is 16.9 Å². The third-order valence-electron chi connectivity index (χ3n) is 3.13.